The summed E-state index contributed by atoms with van der Waals surface area (Å²) in [6, 6.07) is 9.45. The summed E-state index contributed by atoms with van der Waals surface area (Å²) >= 11 is 0. The van der Waals surface area contributed by atoms with Crippen LogP contribution in [0.3, 0.4) is 0 Å². The number of carbonyl (C=O) groups excluding carboxylic acids is 1. The van der Waals surface area contributed by atoms with Gasteiger partial charge in [0.15, 0.2) is 18.2 Å². The highest BCUT2D eigenvalue weighted by molar-refractivity contribution is 5.99. The summed E-state index contributed by atoms with van der Waals surface area (Å²) < 4.78 is 18.4. The first-order valence-corrected chi connectivity index (χ1v) is 6.27. The van der Waals surface area contributed by atoms with E-state index in [0.717, 1.165) is 5.56 Å². The van der Waals surface area contributed by atoms with Crippen LogP contribution in [-0.2, 0) is 4.79 Å². The maximum Gasteiger partial charge on any atom is 0.277 e. The van der Waals surface area contributed by atoms with Crippen LogP contribution in [0.5, 0.6) is 5.75 Å². The summed E-state index contributed by atoms with van der Waals surface area (Å²) in [6.07, 6.45) is 3.27. The number of hydrogen-bond donors (Lipinski definition) is 1. The number of pyridine rings is 1. The molecule has 0 saturated carbocycles. The smallest absolute Gasteiger partial charge is 0.277 e. The Labute approximate surface area is 121 Å². The normalized spacial score (nSPS) is 11.0. The van der Waals surface area contributed by atoms with E-state index in [9.17, 15) is 9.18 Å². The van der Waals surface area contributed by atoms with Gasteiger partial charge in [-0.05, 0) is 31.2 Å². The molecule has 1 heterocycles. The molecule has 5 nitrogen and oxygen atoms in total. The minimum atomic E-state index is -0.512. The Morgan fingerprint density at radius 2 is 2.00 bits per heavy atom. The third kappa shape index (κ3) is 4.38. The van der Waals surface area contributed by atoms with Crippen molar-refractivity contribution in [2.75, 3.05) is 6.61 Å². The van der Waals surface area contributed by atoms with Crippen molar-refractivity contribution in [1.29, 1.82) is 0 Å². The van der Waals surface area contributed by atoms with Crippen molar-refractivity contribution in [1.82, 2.24) is 10.4 Å². The van der Waals surface area contributed by atoms with Gasteiger partial charge in [0.1, 0.15) is 0 Å². The molecule has 0 atom stereocenters. The molecule has 6 heteroatoms. The van der Waals surface area contributed by atoms with Gasteiger partial charge < -0.3 is 4.74 Å². The van der Waals surface area contributed by atoms with Gasteiger partial charge in [-0.3, -0.25) is 9.78 Å². The molecule has 0 aliphatic heterocycles. The Morgan fingerprint density at radius 1 is 1.29 bits per heavy atom. The summed E-state index contributed by atoms with van der Waals surface area (Å²) in [6.45, 7) is 1.45. The maximum atomic E-state index is 13.3. The summed E-state index contributed by atoms with van der Waals surface area (Å²) in [4.78, 5) is 15.5. The molecular formula is C15H14FN3O2. The fraction of sp³-hybridized carbons (Fsp3) is 0.133. The Balaban J connectivity index is 1.87. The minimum Gasteiger partial charge on any atom is -0.481 e. The second-order valence-corrected chi connectivity index (χ2v) is 4.19. The Bertz CT molecular complexity index is 644. The number of hydrogen-bond acceptors (Lipinski definition) is 4. The van der Waals surface area contributed by atoms with Crippen LogP contribution in [0, 0.1) is 5.82 Å². The average molecular weight is 287 g/mol. The third-order valence-electron chi connectivity index (χ3n) is 2.64. The van der Waals surface area contributed by atoms with Gasteiger partial charge in [0.25, 0.3) is 5.91 Å². The molecule has 1 aromatic heterocycles. The van der Waals surface area contributed by atoms with Crippen LogP contribution >= 0.6 is 0 Å². The molecule has 0 unspecified atom stereocenters. The molecule has 0 radical (unpaired) electrons. The van der Waals surface area contributed by atoms with Crippen molar-refractivity contribution in [2.45, 2.75) is 6.92 Å². The molecule has 0 spiro atoms. The molecule has 2 aromatic rings. The zero-order chi connectivity index (χ0) is 15.1. The first-order chi connectivity index (χ1) is 10.2. The Kier molecular flexibility index (Phi) is 4.98. The predicted molar refractivity (Wildman–Crippen MR) is 76.5 cm³/mol. The van der Waals surface area contributed by atoms with Crippen LogP contribution in [0.4, 0.5) is 4.39 Å². The van der Waals surface area contributed by atoms with E-state index in [1.54, 1.807) is 43.6 Å². The van der Waals surface area contributed by atoms with Crippen LogP contribution in [0.1, 0.15) is 12.5 Å². The molecule has 0 fully saturated rings. The maximum absolute atomic E-state index is 13.3. The summed E-state index contributed by atoms with van der Waals surface area (Å²) in [5.41, 5.74) is 3.84. The summed E-state index contributed by atoms with van der Waals surface area (Å²) in [7, 11) is 0. The zero-order valence-corrected chi connectivity index (χ0v) is 11.4. The van der Waals surface area contributed by atoms with Gasteiger partial charge in [-0.1, -0.05) is 12.1 Å². The van der Waals surface area contributed by atoms with E-state index in [4.69, 9.17) is 4.74 Å². The molecule has 1 N–H and O–H groups in total. The first-order valence-electron chi connectivity index (χ1n) is 6.27. The number of carbonyl (C=O) groups is 1. The number of hydrazone groups is 1. The molecule has 0 bridgehead atoms. The molecule has 0 saturated heterocycles. The zero-order valence-electron chi connectivity index (χ0n) is 11.4. The van der Waals surface area contributed by atoms with E-state index in [0.29, 0.717) is 5.71 Å². The van der Waals surface area contributed by atoms with Crippen molar-refractivity contribution in [3.05, 3.63) is 60.2 Å². The molecule has 2 rings (SSSR count). The highest BCUT2D eigenvalue weighted by Crippen LogP contribution is 2.14. The summed E-state index contributed by atoms with van der Waals surface area (Å²) in [5.74, 6) is -0.948. The average Bonchev–Trinajstić information content (AvgIpc) is 2.52. The van der Waals surface area contributed by atoms with Gasteiger partial charge in [0.2, 0.25) is 0 Å². The number of halogens is 1. The molecule has 1 amide bonds. The van der Waals surface area contributed by atoms with Crippen molar-refractivity contribution in [2.24, 2.45) is 5.10 Å². The number of para-hydroxylation sites is 1. The van der Waals surface area contributed by atoms with Gasteiger partial charge in [-0.25, -0.2) is 9.82 Å². The van der Waals surface area contributed by atoms with Crippen molar-refractivity contribution in [3.8, 4) is 5.75 Å². The van der Waals surface area contributed by atoms with Crippen LogP contribution in [0.15, 0.2) is 53.9 Å². The van der Waals surface area contributed by atoms with E-state index in [-0.39, 0.29) is 12.4 Å². The van der Waals surface area contributed by atoms with Crippen LogP contribution in [0.25, 0.3) is 0 Å². The van der Waals surface area contributed by atoms with Gasteiger partial charge in [0.05, 0.1) is 5.71 Å². The number of nitrogens with zero attached hydrogens (tertiary/aromatic N) is 2. The number of amides is 1. The number of aromatic nitrogens is 1. The molecule has 0 aliphatic carbocycles. The topological polar surface area (TPSA) is 63.6 Å². The largest absolute Gasteiger partial charge is 0.481 e. The molecule has 1 aromatic carbocycles. The number of benzene rings is 1. The van der Waals surface area contributed by atoms with E-state index >= 15 is 0 Å². The quantitative estimate of drug-likeness (QED) is 0.677. The lowest BCUT2D eigenvalue weighted by atomic mass is 10.2. The second kappa shape index (κ2) is 7.14. The standard InChI is InChI=1S/C15H14FN3O2/c1-11(12-6-8-17-9-7-12)18-19-15(20)10-21-14-5-3-2-4-13(14)16/h2-9H,10H2,1H3,(H,19,20). The highest BCUT2D eigenvalue weighted by atomic mass is 19.1. The lowest BCUT2D eigenvalue weighted by molar-refractivity contribution is -0.123. The van der Waals surface area contributed by atoms with Crippen molar-refractivity contribution < 1.29 is 13.9 Å². The molecular weight excluding hydrogens is 273 g/mol. The van der Waals surface area contributed by atoms with Crippen molar-refractivity contribution >= 4 is 11.6 Å². The number of ether oxygens (including phenoxy) is 1. The predicted octanol–water partition coefficient (Wildman–Crippen LogP) is 2.14. The third-order valence-corrected chi connectivity index (χ3v) is 2.64. The fourth-order valence-corrected chi connectivity index (χ4v) is 1.54. The number of rotatable bonds is 5. The van der Waals surface area contributed by atoms with Gasteiger partial charge in [-0.15, -0.1) is 0 Å². The van der Waals surface area contributed by atoms with Crippen molar-refractivity contribution in [3.63, 3.8) is 0 Å². The van der Waals surface area contributed by atoms with Gasteiger partial charge in [-0.2, -0.15) is 5.10 Å². The first kappa shape index (κ1) is 14.6. The van der Waals surface area contributed by atoms with E-state index < -0.39 is 11.7 Å². The van der Waals surface area contributed by atoms with Crippen LogP contribution < -0.4 is 10.2 Å². The lowest BCUT2D eigenvalue weighted by Gasteiger charge is -2.06. The minimum absolute atomic E-state index is 0.0301. The molecule has 21 heavy (non-hydrogen) atoms. The number of nitrogens with one attached hydrogen (secondary N) is 1. The molecule has 0 aliphatic rings. The van der Waals surface area contributed by atoms with Crippen LogP contribution in [-0.4, -0.2) is 23.2 Å². The SMILES string of the molecule is CC(=NNC(=O)COc1ccccc1F)c1ccncc1. The van der Waals surface area contributed by atoms with E-state index in [1.165, 1.54) is 12.1 Å². The second-order valence-electron chi connectivity index (χ2n) is 4.19. The Hall–Kier alpha value is -2.76. The highest BCUT2D eigenvalue weighted by Gasteiger charge is 2.05. The van der Waals surface area contributed by atoms with Gasteiger partial charge >= 0.3 is 0 Å². The van der Waals surface area contributed by atoms with Gasteiger partial charge in [0, 0.05) is 18.0 Å². The van der Waals surface area contributed by atoms with E-state index in [1.807, 2.05) is 0 Å². The Morgan fingerprint density at radius 3 is 2.71 bits per heavy atom. The lowest BCUT2D eigenvalue weighted by Crippen LogP contribution is -2.25. The monoisotopic (exact) mass is 287 g/mol. The van der Waals surface area contributed by atoms with Crippen LogP contribution in [0.2, 0.25) is 0 Å². The fourth-order valence-electron chi connectivity index (χ4n) is 1.54. The molecule has 108 valence electrons. The van der Waals surface area contributed by atoms with E-state index in [2.05, 4.69) is 15.5 Å². The summed E-state index contributed by atoms with van der Waals surface area (Å²) in [5, 5.41) is 3.94.